The summed E-state index contributed by atoms with van der Waals surface area (Å²) in [7, 11) is -3.69. The SMILES string of the molecule is Cc1ccc(S(=O)(=O)[C@H](CC(=O)c2ccc(Cl)cc2)c2cccs2)cc1. The van der Waals surface area contributed by atoms with Crippen molar-refractivity contribution in [1.29, 1.82) is 0 Å². The Morgan fingerprint density at radius 3 is 2.27 bits per heavy atom. The van der Waals surface area contributed by atoms with E-state index in [1.165, 1.54) is 11.3 Å². The van der Waals surface area contributed by atoms with E-state index in [0.29, 0.717) is 15.5 Å². The van der Waals surface area contributed by atoms with Crippen LogP contribution in [0.3, 0.4) is 0 Å². The molecule has 0 amide bonds. The summed E-state index contributed by atoms with van der Waals surface area (Å²) >= 11 is 7.21. The minimum absolute atomic E-state index is 0.113. The van der Waals surface area contributed by atoms with Crippen LogP contribution in [0.4, 0.5) is 0 Å². The number of Topliss-reactive ketones (excluding diaryl/α,β-unsaturated/α-hetero) is 1. The fourth-order valence-corrected chi connectivity index (χ4v) is 5.63. The Balaban J connectivity index is 1.97. The third kappa shape index (κ3) is 4.06. The smallest absolute Gasteiger partial charge is 0.186 e. The summed E-state index contributed by atoms with van der Waals surface area (Å²) in [6, 6.07) is 16.8. The number of thiophene rings is 1. The van der Waals surface area contributed by atoms with E-state index in [0.717, 1.165) is 5.56 Å². The Hall–Kier alpha value is -1.95. The quantitative estimate of drug-likeness (QED) is 0.510. The van der Waals surface area contributed by atoms with Crippen molar-refractivity contribution in [3.05, 3.63) is 87.1 Å². The lowest BCUT2D eigenvalue weighted by Gasteiger charge is -2.16. The van der Waals surface area contributed by atoms with Gasteiger partial charge in [0.15, 0.2) is 15.6 Å². The van der Waals surface area contributed by atoms with E-state index < -0.39 is 15.1 Å². The average Bonchev–Trinajstić information content (AvgIpc) is 3.14. The molecule has 0 fully saturated rings. The van der Waals surface area contributed by atoms with Gasteiger partial charge in [0, 0.05) is 21.9 Å². The summed E-state index contributed by atoms with van der Waals surface area (Å²) in [6.45, 7) is 1.90. The van der Waals surface area contributed by atoms with Gasteiger partial charge in [-0.25, -0.2) is 8.42 Å². The molecule has 26 heavy (non-hydrogen) atoms. The molecule has 1 atom stereocenters. The maximum Gasteiger partial charge on any atom is 0.186 e. The standard InChI is InChI=1S/C20H17ClO3S2/c1-14-4-10-17(11-5-14)26(23,24)20(19-3-2-12-25-19)13-18(22)15-6-8-16(21)9-7-15/h2-12,20H,13H2,1H3/t20-/m1/s1. The molecule has 0 saturated carbocycles. The molecular formula is C20H17ClO3S2. The molecule has 0 aliphatic rings. The first-order valence-electron chi connectivity index (χ1n) is 8.00. The molecule has 0 N–H and O–H groups in total. The summed E-state index contributed by atoms with van der Waals surface area (Å²) in [5.74, 6) is -0.226. The lowest BCUT2D eigenvalue weighted by molar-refractivity contribution is 0.0981. The van der Waals surface area contributed by atoms with E-state index in [9.17, 15) is 13.2 Å². The molecule has 0 saturated heterocycles. The third-order valence-electron chi connectivity index (χ3n) is 4.12. The largest absolute Gasteiger partial charge is 0.294 e. The predicted molar refractivity (Wildman–Crippen MR) is 106 cm³/mol. The Bertz CT molecular complexity index is 990. The second-order valence-electron chi connectivity index (χ2n) is 6.00. The van der Waals surface area contributed by atoms with Crippen LogP contribution in [0.25, 0.3) is 0 Å². The van der Waals surface area contributed by atoms with Gasteiger partial charge in [0.25, 0.3) is 0 Å². The highest BCUT2D eigenvalue weighted by Crippen LogP contribution is 2.35. The number of carbonyl (C=O) groups is 1. The Labute approximate surface area is 162 Å². The molecule has 2 aromatic carbocycles. The monoisotopic (exact) mass is 404 g/mol. The zero-order valence-electron chi connectivity index (χ0n) is 14.1. The van der Waals surface area contributed by atoms with Crippen molar-refractivity contribution in [3.63, 3.8) is 0 Å². The molecule has 3 nitrogen and oxygen atoms in total. The maximum atomic E-state index is 13.2. The van der Waals surface area contributed by atoms with Gasteiger partial charge in [-0.2, -0.15) is 0 Å². The normalized spacial score (nSPS) is 12.7. The second kappa shape index (κ2) is 7.74. The number of sulfone groups is 1. The van der Waals surface area contributed by atoms with Crippen LogP contribution in [0, 0.1) is 6.92 Å². The molecule has 0 spiro atoms. The van der Waals surface area contributed by atoms with Crippen molar-refractivity contribution in [2.24, 2.45) is 0 Å². The highest BCUT2D eigenvalue weighted by molar-refractivity contribution is 7.91. The number of halogens is 1. The van der Waals surface area contributed by atoms with Gasteiger partial charge in [0.1, 0.15) is 5.25 Å². The predicted octanol–water partition coefficient (Wildman–Crippen LogP) is 5.50. The van der Waals surface area contributed by atoms with Gasteiger partial charge in [0.05, 0.1) is 4.90 Å². The van der Waals surface area contributed by atoms with E-state index in [2.05, 4.69) is 0 Å². The lowest BCUT2D eigenvalue weighted by atomic mass is 10.1. The summed E-state index contributed by atoms with van der Waals surface area (Å²) < 4.78 is 26.4. The van der Waals surface area contributed by atoms with E-state index in [1.807, 2.05) is 12.3 Å². The van der Waals surface area contributed by atoms with Gasteiger partial charge in [-0.1, -0.05) is 35.4 Å². The molecule has 1 heterocycles. The minimum atomic E-state index is -3.69. The van der Waals surface area contributed by atoms with E-state index in [4.69, 9.17) is 11.6 Å². The van der Waals surface area contributed by atoms with Crippen molar-refractivity contribution >= 4 is 38.6 Å². The van der Waals surface area contributed by atoms with Crippen LogP contribution >= 0.6 is 22.9 Å². The fourth-order valence-electron chi connectivity index (χ4n) is 2.65. The van der Waals surface area contributed by atoms with Crippen LogP contribution in [-0.2, 0) is 9.84 Å². The van der Waals surface area contributed by atoms with Crippen molar-refractivity contribution in [2.45, 2.75) is 23.5 Å². The second-order valence-corrected chi connectivity index (χ2v) is 9.54. The topological polar surface area (TPSA) is 51.2 Å². The van der Waals surface area contributed by atoms with Crippen LogP contribution in [-0.4, -0.2) is 14.2 Å². The molecule has 134 valence electrons. The van der Waals surface area contributed by atoms with Gasteiger partial charge >= 0.3 is 0 Å². The number of benzene rings is 2. The summed E-state index contributed by atoms with van der Waals surface area (Å²) in [5.41, 5.74) is 1.43. The number of aryl methyl sites for hydroxylation is 1. The first kappa shape index (κ1) is 18.8. The van der Waals surface area contributed by atoms with Gasteiger partial charge < -0.3 is 0 Å². The molecule has 1 aromatic heterocycles. The van der Waals surface area contributed by atoms with Crippen molar-refractivity contribution in [2.75, 3.05) is 0 Å². The van der Waals surface area contributed by atoms with E-state index in [-0.39, 0.29) is 17.1 Å². The molecule has 0 bridgehead atoms. The van der Waals surface area contributed by atoms with Gasteiger partial charge in [-0.3, -0.25) is 4.79 Å². The van der Waals surface area contributed by atoms with Crippen LogP contribution in [0.2, 0.25) is 5.02 Å². The highest BCUT2D eigenvalue weighted by Gasteiger charge is 2.32. The zero-order chi connectivity index (χ0) is 18.7. The summed E-state index contributed by atoms with van der Waals surface area (Å²) in [6.07, 6.45) is -0.113. The van der Waals surface area contributed by atoms with Crippen molar-refractivity contribution in [3.8, 4) is 0 Å². The maximum absolute atomic E-state index is 13.2. The van der Waals surface area contributed by atoms with Gasteiger partial charge in [0.2, 0.25) is 0 Å². The van der Waals surface area contributed by atoms with Crippen LogP contribution in [0.5, 0.6) is 0 Å². The number of hydrogen-bond acceptors (Lipinski definition) is 4. The Morgan fingerprint density at radius 2 is 1.69 bits per heavy atom. The van der Waals surface area contributed by atoms with E-state index >= 15 is 0 Å². The molecule has 3 aromatic rings. The van der Waals surface area contributed by atoms with Crippen LogP contribution in [0.15, 0.2) is 70.9 Å². The molecule has 0 aliphatic heterocycles. The van der Waals surface area contributed by atoms with Crippen LogP contribution in [0.1, 0.15) is 32.5 Å². The number of carbonyl (C=O) groups excluding carboxylic acids is 1. The number of rotatable bonds is 6. The molecule has 0 radical (unpaired) electrons. The van der Waals surface area contributed by atoms with Crippen molar-refractivity contribution < 1.29 is 13.2 Å². The first-order valence-corrected chi connectivity index (χ1v) is 10.8. The number of ketones is 1. The van der Waals surface area contributed by atoms with Gasteiger partial charge in [-0.15, -0.1) is 11.3 Å². The molecule has 6 heteroatoms. The summed E-state index contributed by atoms with van der Waals surface area (Å²) in [5, 5.41) is 1.44. The highest BCUT2D eigenvalue weighted by atomic mass is 35.5. The van der Waals surface area contributed by atoms with Gasteiger partial charge in [-0.05, 0) is 54.8 Å². The number of hydrogen-bond donors (Lipinski definition) is 0. The third-order valence-corrected chi connectivity index (χ3v) is 7.61. The zero-order valence-corrected chi connectivity index (χ0v) is 16.4. The molecule has 3 rings (SSSR count). The summed E-state index contributed by atoms with van der Waals surface area (Å²) in [4.78, 5) is 13.6. The van der Waals surface area contributed by atoms with E-state index in [1.54, 1.807) is 60.7 Å². The van der Waals surface area contributed by atoms with Crippen LogP contribution < -0.4 is 0 Å². The Morgan fingerprint density at radius 1 is 1.04 bits per heavy atom. The lowest BCUT2D eigenvalue weighted by Crippen LogP contribution is -2.17. The molecule has 0 aliphatic carbocycles. The fraction of sp³-hybridized carbons (Fsp3) is 0.150. The minimum Gasteiger partial charge on any atom is -0.294 e. The molecule has 0 unspecified atom stereocenters. The molecular weight excluding hydrogens is 388 g/mol. The average molecular weight is 405 g/mol. The van der Waals surface area contributed by atoms with Crippen molar-refractivity contribution in [1.82, 2.24) is 0 Å². The first-order chi connectivity index (χ1) is 12.4. The Kier molecular flexibility index (Phi) is 5.61.